The van der Waals surface area contributed by atoms with Crippen LogP contribution in [0.3, 0.4) is 0 Å². The number of aliphatic hydroxyl groups excluding tert-OH is 1. The van der Waals surface area contributed by atoms with Crippen LogP contribution in [0.5, 0.6) is 5.88 Å². The summed E-state index contributed by atoms with van der Waals surface area (Å²) in [6.45, 7) is 8.10. The number of aromatic nitrogens is 1. The van der Waals surface area contributed by atoms with Crippen molar-refractivity contribution in [3.63, 3.8) is 0 Å². The fraction of sp³-hybridized carbons (Fsp3) is 0.571. The number of benzene rings is 1. The summed E-state index contributed by atoms with van der Waals surface area (Å²) >= 11 is 0. The molecule has 36 heavy (non-hydrogen) atoms. The molecule has 4 rings (SSSR count). The largest absolute Gasteiger partial charge is 0.471 e. The van der Waals surface area contributed by atoms with E-state index >= 15 is 0 Å². The van der Waals surface area contributed by atoms with Crippen molar-refractivity contribution in [1.29, 1.82) is 0 Å². The lowest BCUT2D eigenvalue weighted by atomic mass is 9.73. The second kappa shape index (κ2) is 10.4. The molecule has 2 aliphatic rings. The average molecular weight is 502 g/mol. The molecule has 1 aromatic heterocycles. The number of hydrogen-bond donors (Lipinski definition) is 3. The van der Waals surface area contributed by atoms with Crippen LogP contribution in [-0.4, -0.2) is 40.3 Å². The Bertz CT molecular complexity index is 1080. The van der Waals surface area contributed by atoms with Crippen molar-refractivity contribution >= 4 is 5.91 Å². The highest BCUT2D eigenvalue weighted by Gasteiger charge is 2.46. The van der Waals surface area contributed by atoms with E-state index in [1.807, 2.05) is 6.20 Å². The normalized spacial score (nSPS) is 20.1. The topological polar surface area (TPSA) is 83.5 Å². The SMILES string of the molecule is CC(=O)N[C@@H](Cc1cc(F)cc(F)c1)[C@H](O)CN[C@H]1CC2(CCC2)Oc2ncc(CC(C)(C)C)cc21. The number of fused-ring (bicyclic) bond motifs is 1. The predicted molar refractivity (Wildman–Crippen MR) is 134 cm³/mol. The van der Waals surface area contributed by atoms with Gasteiger partial charge >= 0.3 is 0 Å². The van der Waals surface area contributed by atoms with E-state index in [9.17, 15) is 18.7 Å². The summed E-state index contributed by atoms with van der Waals surface area (Å²) < 4.78 is 33.7. The van der Waals surface area contributed by atoms with Crippen LogP contribution in [-0.2, 0) is 17.6 Å². The van der Waals surface area contributed by atoms with Crippen molar-refractivity contribution in [1.82, 2.24) is 15.6 Å². The summed E-state index contributed by atoms with van der Waals surface area (Å²) in [6.07, 6.45) is 5.71. The van der Waals surface area contributed by atoms with Crippen molar-refractivity contribution in [2.24, 2.45) is 5.41 Å². The third-order valence-electron chi connectivity index (χ3n) is 7.00. The van der Waals surface area contributed by atoms with Gasteiger partial charge in [0, 0.05) is 43.8 Å². The zero-order valence-corrected chi connectivity index (χ0v) is 21.5. The Balaban J connectivity index is 1.51. The Hall–Kier alpha value is -2.58. The van der Waals surface area contributed by atoms with Crippen LogP contribution in [0.1, 0.15) is 76.1 Å². The molecule has 0 unspecified atom stereocenters. The fourth-order valence-electron chi connectivity index (χ4n) is 5.28. The van der Waals surface area contributed by atoms with Crippen LogP contribution in [0.25, 0.3) is 0 Å². The summed E-state index contributed by atoms with van der Waals surface area (Å²) in [5.74, 6) is -1.07. The molecule has 0 saturated heterocycles. The zero-order chi connectivity index (χ0) is 26.1. The second-order valence-corrected chi connectivity index (χ2v) is 11.6. The van der Waals surface area contributed by atoms with E-state index in [2.05, 4.69) is 42.5 Å². The molecule has 2 aromatic rings. The van der Waals surface area contributed by atoms with Crippen molar-refractivity contribution in [3.05, 3.63) is 58.8 Å². The average Bonchev–Trinajstić information content (AvgIpc) is 2.73. The number of rotatable bonds is 8. The molecular formula is C28H37F2N3O3. The van der Waals surface area contributed by atoms with Crippen LogP contribution in [0.15, 0.2) is 30.5 Å². The molecule has 1 aliphatic heterocycles. The van der Waals surface area contributed by atoms with Crippen molar-refractivity contribution in [2.75, 3.05) is 6.54 Å². The Morgan fingerprint density at radius 1 is 1.19 bits per heavy atom. The molecular weight excluding hydrogens is 464 g/mol. The first-order chi connectivity index (χ1) is 16.9. The quantitative estimate of drug-likeness (QED) is 0.500. The van der Waals surface area contributed by atoms with Crippen LogP contribution in [0, 0.1) is 17.0 Å². The van der Waals surface area contributed by atoms with Gasteiger partial charge < -0.3 is 20.5 Å². The summed E-state index contributed by atoms with van der Waals surface area (Å²) in [4.78, 5) is 16.5. The van der Waals surface area contributed by atoms with E-state index in [0.717, 1.165) is 49.3 Å². The number of pyridine rings is 1. The van der Waals surface area contributed by atoms with Gasteiger partial charge in [0.25, 0.3) is 0 Å². The molecule has 3 N–H and O–H groups in total. The zero-order valence-electron chi connectivity index (χ0n) is 21.5. The molecule has 6 nitrogen and oxygen atoms in total. The predicted octanol–water partition coefficient (Wildman–Crippen LogP) is 4.39. The van der Waals surface area contributed by atoms with Gasteiger partial charge in [-0.25, -0.2) is 13.8 Å². The van der Waals surface area contributed by atoms with Crippen LogP contribution in [0.4, 0.5) is 8.78 Å². The molecule has 0 bridgehead atoms. The molecule has 1 amide bonds. The number of amides is 1. The number of nitrogens with one attached hydrogen (secondary N) is 2. The Kier molecular flexibility index (Phi) is 7.67. The highest BCUT2D eigenvalue weighted by atomic mass is 19.1. The monoisotopic (exact) mass is 501 g/mol. The van der Waals surface area contributed by atoms with Crippen molar-refractivity contribution in [3.8, 4) is 5.88 Å². The maximum absolute atomic E-state index is 13.7. The minimum atomic E-state index is -0.977. The molecule has 3 atom stereocenters. The molecule has 0 radical (unpaired) electrons. The lowest BCUT2D eigenvalue weighted by molar-refractivity contribution is -0.120. The van der Waals surface area contributed by atoms with Crippen LogP contribution in [0.2, 0.25) is 0 Å². The maximum Gasteiger partial charge on any atom is 0.218 e. The standard InChI is InChI=1S/C28H37F2N3O3/c1-17(34)33-23(11-18-8-20(29)12-21(30)9-18)25(35)16-31-24-14-28(6-5-7-28)36-26-22(24)10-19(15-32-26)13-27(2,3)4/h8-10,12,15,23-25,31,35H,5-7,11,13-14,16H2,1-4H3,(H,33,34)/t23-,24-,25+/m0/s1. The summed E-state index contributed by atoms with van der Waals surface area (Å²) in [6, 6.07) is 4.60. The number of carbonyl (C=O) groups excluding carboxylic acids is 1. The number of nitrogens with zero attached hydrogens (tertiary/aromatic N) is 1. The number of hydrogen-bond acceptors (Lipinski definition) is 5. The summed E-state index contributed by atoms with van der Waals surface area (Å²) in [7, 11) is 0. The Morgan fingerprint density at radius 2 is 1.89 bits per heavy atom. The van der Waals surface area contributed by atoms with Gasteiger partial charge in [0.15, 0.2) is 0 Å². The third-order valence-corrected chi connectivity index (χ3v) is 7.00. The van der Waals surface area contributed by atoms with Gasteiger partial charge in [0.1, 0.15) is 17.2 Å². The smallest absolute Gasteiger partial charge is 0.218 e. The van der Waals surface area contributed by atoms with Gasteiger partial charge in [-0.2, -0.15) is 0 Å². The van der Waals surface area contributed by atoms with Crippen LogP contribution < -0.4 is 15.4 Å². The highest BCUT2D eigenvalue weighted by Crippen LogP contribution is 2.48. The van der Waals surface area contributed by atoms with E-state index < -0.39 is 23.8 Å². The van der Waals surface area contributed by atoms with Gasteiger partial charge in [0.05, 0.1) is 12.1 Å². The van der Waals surface area contributed by atoms with Gasteiger partial charge in [-0.3, -0.25) is 4.79 Å². The molecule has 8 heteroatoms. The van der Waals surface area contributed by atoms with Gasteiger partial charge in [0.2, 0.25) is 11.8 Å². The first-order valence-electron chi connectivity index (χ1n) is 12.7. The molecule has 1 fully saturated rings. The van der Waals surface area contributed by atoms with Crippen molar-refractivity contribution < 1.29 is 23.4 Å². The van der Waals surface area contributed by atoms with Crippen molar-refractivity contribution in [2.45, 2.75) is 90.0 Å². The molecule has 196 valence electrons. The van der Waals surface area contributed by atoms with Crippen LogP contribution >= 0.6 is 0 Å². The van der Waals surface area contributed by atoms with E-state index in [1.165, 1.54) is 19.1 Å². The Morgan fingerprint density at radius 3 is 2.47 bits per heavy atom. The Labute approximate surface area is 211 Å². The molecule has 1 aliphatic carbocycles. The summed E-state index contributed by atoms with van der Waals surface area (Å²) in [5, 5.41) is 17.3. The first-order valence-corrected chi connectivity index (χ1v) is 12.7. The van der Waals surface area contributed by atoms with Gasteiger partial charge in [-0.05, 0) is 66.8 Å². The molecule has 1 aromatic carbocycles. The lowest BCUT2D eigenvalue weighted by Crippen LogP contribution is -2.52. The number of carbonyl (C=O) groups is 1. The van der Waals surface area contributed by atoms with E-state index in [1.54, 1.807) is 0 Å². The highest BCUT2D eigenvalue weighted by molar-refractivity contribution is 5.73. The third kappa shape index (κ3) is 6.59. The lowest BCUT2D eigenvalue weighted by Gasteiger charge is -2.47. The van der Waals surface area contributed by atoms with Gasteiger partial charge in [-0.15, -0.1) is 0 Å². The first kappa shape index (κ1) is 26.5. The summed E-state index contributed by atoms with van der Waals surface area (Å²) in [5.41, 5.74) is 2.35. The maximum atomic E-state index is 13.7. The van der Waals surface area contributed by atoms with Gasteiger partial charge in [-0.1, -0.05) is 20.8 Å². The van der Waals surface area contributed by atoms with E-state index in [4.69, 9.17) is 4.74 Å². The number of aliphatic hydroxyl groups is 1. The second-order valence-electron chi connectivity index (χ2n) is 11.6. The fourth-order valence-corrected chi connectivity index (χ4v) is 5.28. The molecule has 2 heterocycles. The number of halogens is 2. The van der Waals surface area contributed by atoms with E-state index in [0.29, 0.717) is 11.4 Å². The minimum absolute atomic E-state index is 0.0688. The molecule has 1 saturated carbocycles. The number of ether oxygens (including phenoxy) is 1. The molecule has 1 spiro atoms. The van der Waals surface area contributed by atoms with E-state index in [-0.39, 0.29) is 35.9 Å². The minimum Gasteiger partial charge on any atom is -0.471 e.